The smallest absolute Gasteiger partial charge is 0.309 e. The van der Waals surface area contributed by atoms with Crippen LogP contribution in [0.15, 0.2) is 16.6 Å². The molecule has 4 nitrogen and oxygen atoms in total. The molecule has 0 aliphatic heterocycles. The monoisotopic (exact) mass is 230 g/mol. The zero-order valence-electron chi connectivity index (χ0n) is 6.37. The van der Waals surface area contributed by atoms with Gasteiger partial charge in [0.1, 0.15) is 5.82 Å². The second-order valence-electron chi connectivity index (χ2n) is 2.14. The average molecular weight is 231 g/mol. The minimum Gasteiger partial charge on any atom is -0.408 e. The van der Waals surface area contributed by atoms with E-state index < -0.39 is 5.97 Å². The average Bonchev–Trinajstić information content (AvgIpc) is 1.81. The van der Waals surface area contributed by atoms with Gasteiger partial charge in [0, 0.05) is 17.5 Å². The molecule has 0 unspecified atom stereocenters. The van der Waals surface area contributed by atoms with Crippen molar-refractivity contribution in [2.45, 2.75) is 6.92 Å². The lowest BCUT2D eigenvalue weighted by atomic mass is 10.4. The molecule has 0 radical (unpaired) electrons. The number of carbonyl (C=O) groups is 1. The van der Waals surface area contributed by atoms with E-state index in [1.54, 1.807) is 12.1 Å². The molecule has 0 aliphatic rings. The van der Waals surface area contributed by atoms with E-state index in [2.05, 4.69) is 20.9 Å². The van der Waals surface area contributed by atoms with E-state index in [0.29, 0.717) is 5.82 Å². The molecule has 0 spiro atoms. The summed E-state index contributed by atoms with van der Waals surface area (Å²) >= 11 is 3.19. The van der Waals surface area contributed by atoms with Crippen LogP contribution < -0.4 is 10.5 Å². The standard InChI is InChI=1S/C7H7BrN2O2/c1-4(11)12-7-3-5(8)2-6(9)10-7/h2-3H,1H3,(H2,9,10). The molecule has 0 amide bonds. The van der Waals surface area contributed by atoms with Crippen molar-refractivity contribution >= 4 is 27.7 Å². The van der Waals surface area contributed by atoms with E-state index >= 15 is 0 Å². The number of esters is 1. The SMILES string of the molecule is CC(=O)Oc1cc(Br)cc(N)n1. The fraction of sp³-hybridized carbons (Fsp3) is 0.143. The van der Waals surface area contributed by atoms with Gasteiger partial charge >= 0.3 is 5.97 Å². The van der Waals surface area contributed by atoms with Crippen LogP contribution in [0.1, 0.15) is 6.92 Å². The maximum Gasteiger partial charge on any atom is 0.309 e. The first-order chi connectivity index (χ1) is 5.58. The summed E-state index contributed by atoms with van der Waals surface area (Å²) in [5, 5.41) is 0. The summed E-state index contributed by atoms with van der Waals surface area (Å²) in [6.45, 7) is 1.30. The number of carbonyl (C=O) groups excluding carboxylic acids is 1. The number of halogens is 1. The van der Waals surface area contributed by atoms with Gasteiger partial charge in [-0.15, -0.1) is 0 Å². The number of hydrogen-bond donors (Lipinski definition) is 1. The Morgan fingerprint density at radius 1 is 1.67 bits per heavy atom. The van der Waals surface area contributed by atoms with E-state index in [9.17, 15) is 4.79 Å². The van der Waals surface area contributed by atoms with E-state index in [0.717, 1.165) is 4.47 Å². The van der Waals surface area contributed by atoms with Crippen LogP contribution in [-0.2, 0) is 4.79 Å². The number of pyridine rings is 1. The lowest BCUT2D eigenvalue weighted by molar-refractivity contribution is -0.132. The van der Waals surface area contributed by atoms with E-state index in [1.165, 1.54) is 6.92 Å². The Morgan fingerprint density at radius 3 is 2.83 bits per heavy atom. The van der Waals surface area contributed by atoms with Crippen LogP contribution in [0, 0.1) is 0 Å². The largest absolute Gasteiger partial charge is 0.408 e. The Labute approximate surface area is 77.9 Å². The lowest BCUT2D eigenvalue weighted by Crippen LogP contribution is -2.04. The number of aromatic nitrogens is 1. The van der Waals surface area contributed by atoms with Crippen molar-refractivity contribution in [2.75, 3.05) is 5.73 Å². The summed E-state index contributed by atoms with van der Waals surface area (Å²) in [6, 6.07) is 3.19. The number of hydrogen-bond acceptors (Lipinski definition) is 4. The molecule has 1 aromatic rings. The van der Waals surface area contributed by atoms with Crippen molar-refractivity contribution in [2.24, 2.45) is 0 Å². The highest BCUT2D eigenvalue weighted by Gasteiger charge is 2.01. The van der Waals surface area contributed by atoms with Crippen LogP contribution in [-0.4, -0.2) is 11.0 Å². The molecule has 5 heteroatoms. The van der Waals surface area contributed by atoms with Gasteiger partial charge in [0.15, 0.2) is 0 Å². The molecule has 1 rings (SSSR count). The lowest BCUT2D eigenvalue weighted by Gasteiger charge is -2.01. The van der Waals surface area contributed by atoms with Crippen LogP contribution in [0.2, 0.25) is 0 Å². The van der Waals surface area contributed by atoms with Gasteiger partial charge in [-0.1, -0.05) is 15.9 Å². The first-order valence-electron chi connectivity index (χ1n) is 3.19. The Morgan fingerprint density at radius 2 is 2.33 bits per heavy atom. The van der Waals surface area contributed by atoms with Crippen molar-refractivity contribution in [1.29, 1.82) is 0 Å². The molecule has 0 aliphatic carbocycles. The second-order valence-corrected chi connectivity index (χ2v) is 3.06. The minimum absolute atomic E-state index is 0.203. The van der Waals surface area contributed by atoms with Gasteiger partial charge in [0.25, 0.3) is 0 Å². The molecule has 0 atom stereocenters. The topological polar surface area (TPSA) is 65.2 Å². The minimum atomic E-state index is -0.417. The third-order valence-electron chi connectivity index (χ3n) is 1.03. The van der Waals surface area contributed by atoms with Crippen molar-refractivity contribution in [3.8, 4) is 5.88 Å². The Balaban J connectivity index is 2.93. The molecule has 2 N–H and O–H groups in total. The third-order valence-corrected chi connectivity index (χ3v) is 1.49. The van der Waals surface area contributed by atoms with Gasteiger partial charge in [0.05, 0.1) is 0 Å². The predicted octanol–water partition coefficient (Wildman–Crippen LogP) is 1.35. The van der Waals surface area contributed by atoms with Crippen LogP contribution in [0.25, 0.3) is 0 Å². The fourth-order valence-electron chi connectivity index (χ4n) is 0.692. The maximum absolute atomic E-state index is 10.5. The zero-order valence-corrected chi connectivity index (χ0v) is 7.96. The Bertz CT molecular complexity index is 294. The summed E-state index contributed by atoms with van der Waals surface area (Å²) in [4.78, 5) is 14.3. The van der Waals surface area contributed by atoms with Crippen LogP contribution in [0.4, 0.5) is 5.82 Å². The first-order valence-corrected chi connectivity index (χ1v) is 3.98. The number of nitrogen functional groups attached to an aromatic ring is 1. The molecule has 1 aromatic heterocycles. The molecule has 0 saturated heterocycles. The number of nitrogens with two attached hydrogens (primary N) is 1. The molecular weight excluding hydrogens is 224 g/mol. The predicted molar refractivity (Wildman–Crippen MR) is 47.7 cm³/mol. The van der Waals surface area contributed by atoms with Crippen LogP contribution in [0.5, 0.6) is 5.88 Å². The number of rotatable bonds is 1. The summed E-state index contributed by atoms with van der Waals surface area (Å²) in [6.07, 6.45) is 0. The maximum atomic E-state index is 10.5. The molecular formula is C7H7BrN2O2. The van der Waals surface area contributed by atoms with Gasteiger partial charge in [0.2, 0.25) is 5.88 Å². The highest BCUT2D eigenvalue weighted by atomic mass is 79.9. The second kappa shape index (κ2) is 3.53. The number of anilines is 1. The quantitative estimate of drug-likeness (QED) is 0.741. The van der Waals surface area contributed by atoms with E-state index in [4.69, 9.17) is 10.5 Å². The normalized spacial score (nSPS) is 9.50. The van der Waals surface area contributed by atoms with Crippen molar-refractivity contribution < 1.29 is 9.53 Å². The molecule has 12 heavy (non-hydrogen) atoms. The summed E-state index contributed by atoms with van der Waals surface area (Å²) in [5.74, 6) is 0.0926. The van der Waals surface area contributed by atoms with E-state index in [-0.39, 0.29) is 5.88 Å². The molecule has 0 bridgehead atoms. The van der Waals surface area contributed by atoms with Gasteiger partial charge in [-0.25, -0.2) is 0 Å². The molecule has 64 valence electrons. The number of ether oxygens (including phenoxy) is 1. The van der Waals surface area contributed by atoms with Crippen molar-refractivity contribution in [3.05, 3.63) is 16.6 Å². The van der Waals surface area contributed by atoms with Gasteiger partial charge in [-0.2, -0.15) is 4.98 Å². The summed E-state index contributed by atoms with van der Waals surface area (Å²) < 4.78 is 5.44. The number of nitrogens with zero attached hydrogens (tertiary/aromatic N) is 1. The zero-order chi connectivity index (χ0) is 9.14. The third kappa shape index (κ3) is 2.50. The van der Waals surface area contributed by atoms with Crippen LogP contribution in [0.3, 0.4) is 0 Å². The summed E-state index contributed by atoms with van der Waals surface area (Å²) in [5.41, 5.74) is 5.40. The van der Waals surface area contributed by atoms with Gasteiger partial charge in [-0.05, 0) is 6.07 Å². The summed E-state index contributed by atoms with van der Waals surface area (Å²) in [7, 11) is 0. The van der Waals surface area contributed by atoms with Gasteiger partial charge in [-0.3, -0.25) is 4.79 Å². The molecule has 0 saturated carbocycles. The Kier molecular flexibility index (Phi) is 2.65. The molecule has 0 aromatic carbocycles. The molecule has 0 fully saturated rings. The van der Waals surface area contributed by atoms with Crippen LogP contribution >= 0.6 is 15.9 Å². The molecule has 1 heterocycles. The first kappa shape index (κ1) is 8.99. The highest BCUT2D eigenvalue weighted by Crippen LogP contribution is 2.18. The van der Waals surface area contributed by atoms with Gasteiger partial charge < -0.3 is 10.5 Å². The van der Waals surface area contributed by atoms with E-state index in [1.807, 2.05) is 0 Å². The van der Waals surface area contributed by atoms with Crippen molar-refractivity contribution in [1.82, 2.24) is 4.98 Å². The fourth-order valence-corrected chi connectivity index (χ4v) is 1.12. The Hall–Kier alpha value is -1.10. The highest BCUT2D eigenvalue weighted by molar-refractivity contribution is 9.10. The van der Waals surface area contributed by atoms with Crippen molar-refractivity contribution in [3.63, 3.8) is 0 Å².